The Balaban J connectivity index is 0.000000921. The van der Waals surface area contributed by atoms with Gasteiger partial charge in [0.1, 0.15) is 5.82 Å². The van der Waals surface area contributed by atoms with Gasteiger partial charge in [-0.25, -0.2) is 4.39 Å². The Kier molecular flexibility index (Phi) is 7.24. The molecule has 0 bridgehead atoms. The number of hydrogen-bond acceptors (Lipinski definition) is 1. The normalized spacial score (nSPS) is 8.80. The zero-order chi connectivity index (χ0) is 11.7. The largest absolute Gasteiger partial charge is 0.356 e. The number of halogens is 1. The van der Waals surface area contributed by atoms with Crippen LogP contribution in [0.25, 0.3) is 0 Å². The Morgan fingerprint density at radius 1 is 1.27 bits per heavy atom. The van der Waals surface area contributed by atoms with Gasteiger partial charge in [-0.3, -0.25) is 4.79 Å². The van der Waals surface area contributed by atoms with Gasteiger partial charge in [0.2, 0.25) is 5.91 Å². The number of amides is 1. The fourth-order valence-electron chi connectivity index (χ4n) is 1.03. The first-order chi connectivity index (χ1) is 7.18. The van der Waals surface area contributed by atoms with Crippen molar-refractivity contribution in [3.05, 3.63) is 35.6 Å². The molecule has 1 aromatic carbocycles. The van der Waals surface area contributed by atoms with Gasteiger partial charge in [-0.15, -0.1) is 0 Å². The highest BCUT2D eigenvalue weighted by atomic mass is 19.1. The second-order valence-electron chi connectivity index (χ2n) is 2.86. The van der Waals surface area contributed by atoms with Crippen molar-refractivity contribution in [2.75, 3.05) is 6.54 Å². The molecule has 1 rings (SSSR count). The van der Waals surface area contributed by atoms with Crippen LogP contribution in [-0.4, -0.2) is 12.5 Å². The third-order valence-corrected chi connectivity index (χ3v) is 1.70. The Labute approximate surface area is 90.5 Å². The first-order valence-electron chi connectivity index (χ1n) is 5.17. The maximum Gasteiger partial charge on any atom is 0.216 e. The summed E-state index contributed by atoms with van der Waals surface area (Å²) in [4.78, 5) is 10.5. The minimum atomic E-state index is -0.233. The van der Waals surface area contributed by atoms with E-state index in [2.05, 4.69) is 5.32 Å². The van der Waals surface area contributed by atoms with Crippen LogP contribution in [0.5, 0.6) is 0 Å². The van der Waals surface area contributed by atoms with Gasteiger partial charge in [-0.2, -0.15) is 0 Å². The summed E-state index contributed by atoms with van der Waals surface area (Å²) in [6.07, 6.45) is 0.736. The standard InChI is InChI=1S/C10H12FNO.C2H6/c1-8(13)12-7-6-9-2-4-10(11)5-3-9;1-2/h2-5H,6-7H2,1H3,(H,12,13);1-2H3. The summed E-state index contributed by atoms with van der Waals surface area (Å²) in [6, 6.07) is 6.28. The maximum atomic E-state index is 12.5. The number of benzene rings is 1. The van der Waals surface area contributed by atoms with E-state index < -0.39 is 0 Å². The molecule has 0 aliphatic rings. The second-order valence-corrected chi connectivity index (χ2v) is 2.86. The van der Waals surface area contributed by atoms with Gasteiger partial charge in [0.15, 0.2) is 0 Å². The summed E-state index contributed by atoms with van der Waals surface area (Å²) in [5.41, 5.74) is 1.02. The molecule has 0 aliphatic carbocycles. The van der Waals surface area contributed by atoms with Crippen LogP contribution in [0.3, 0.4) is 0 Å². The third-order valence-electron chi connectivity index (χ3n) is 1.70. The van der Waals surface area contributed by atoms with Crippen molar-refractivity contribution in [1.29, 1.82) is 0 Å². The van der Waals surface area contributed by atoms with Crippen LogP contribution in [-0.2, 0) is 11.2 Å². The molecule has 3 heteroatoms. The van der Waals surface area contributed by atoms with E-state index in [1.165, 1.54) is 19.1 Å². The number of nitrogens with one attached hydrogen (secondary N) is 1. The minimum Gasteiger partial charge on any atom is -0.356 e. The van der Waals surface area contributed by atoms with Crippen molar-refractivity contribution in [2.24, 2.45) is 0 Å². The molecule has 0 aliphatic heterocycles. The van der Waals surface area contributed by atoms with Crippen molar-refractivity contribution >= 4 is 5.91 Å². The molecule has 1 N–H and O–H groups in total. The van der Waals surface area contributed by atoms with Crippen LogP contribution in [0.1, 0.15) is 26.3 Å². The number of hydrogen-bond donors (Lipinski definition) is 1. The topological polar surface area (TPSA) is 29.1 Å². The molecule has 0 atom stereocenters. The summed E-state index contributed by atoms with van der Waals surface area (Å²) in [5.74, 6) is -0.273. The van der Waals surface area contributed by atoms with Crippen LogP contribution in [0, 0.1) is 5.82 Å². The van der Waals surface area contributed by atoms with E-state index in [0.29, 0.717) is 6.54 Å². The van der Waals surface area contributed by atoms with Gasteiger partial charge in [0.25, 0.3) is 0 Å². The van der Waals surface area contributed by atoms with Gasteiger partial charge in [0.05, 0.1) is 0 Å². The van der Waals surface area contributed by atoms with E-state index in [9.17, 15) is 9.18 Å². The Morgan fingerprint density at radius 3 is 2.27 bits per heavy atom. The molecule has 0 saturated heterocycles. The van der Waals surface area contributed by atoms with Crippen LogP contribution >= 0.6 is 0 Å². The van der Waals surface area contributed by atoms with Crippen LogP contribution in [0.4, 0.5) is 4.39 Å². The van der Waals surface area contributed by atoms with Crippen molar-refractivity contribution < 1.29 is 9.18 Å². The van der Waals surface area contributed by atoms with Crippen molar-refractivity contribution in [1.82, 2.24) is 5.32 Å². The van der Waals surface area contributed by atoms with Gasteiger partial charge in [0, 0.05) is 13.5 Å². The smallest absolute Gasteiger partial charge is 0.216 e. The van der Waals surface area contributed by atoms with E-state index in [1.54, 1.807) is 12.1 Å². The summed E-state index contributed by atoms with van der Waals surface area (Å²) in [5, 5.41) is 2.68. The van der Waals surface area contributed by atoms with Crippen LogP contribution in [0.2, 0.25) is 0 Å². The first-order valence-corrected chi connectivity index (χ1v) is 5.17. The lowest BCUT2D eigenvalue weighted by atomic mass is 10.1. The number of carbonyl (C=O) groups is 1. The molecule has 2 nitrogen and oxygen atoms in total. The summed E-state index contributed by atoms with van der Waals surface area (Å²) in [6.45, 7) is 6.08. The Morgan fingerprint density at radius 2 is 1.80 bits per heavy atom. The molecule has 0 aromatic heterocycles. The molecule has 0 fully saturated rings. The van der Waals surface area contributed by atoms with E-state index in [1.807, 2.05) is 13.8 Å². The average Bonchev–Trinajstić information content (AvgIpc) is 2.23. The maximum absolute atomic E-state index is 12.5. The summed E-state index contributed by atoms with van der Waals surface area (Å²) < 4.78 is 12.5. The fraction of sp³-hybridized carbons (Fsp3) is 0.417. The van der Waals surface area contributed by atoms with E-state index in [4.69, 9.17) is 0 Å². The quantitative estimate of drug-likeness (QED) is 0.817. The van der Waals surface area contributed by atoms with Crippen molar-refractivity contribution in [3.63, 3.8) is 0 Å². The molecule has 0 spiro atoms. The van der Waals surface area contributed by atoms with Gasteiger partial charge in [-0.1, -0.05) is 26.0 Å². The average molecular weight is 211 g/mol. The van der Waals surface area contributed by atoms with Crippen LogP contribution in [0.15, 0.2) is 24.3 Å². The highest BCUT2D eigenvalue weighted by Gasteiger charge is 1.94. The molecule has 1 aromatic rings. The molecule has 0 heterocycles. The Hall–Kier alpha value is -1.38. The molecule has 15 heavy (non-hydrogen) atoms. The minimum absolute atomic E-state index is 0.0397. The highest BCUT2D eigenvalue weighted by Crippen LogP contribution is 2.02. The first kappa shape index (κ1) is 13.6. The highest BCUT2D eigenvalue weighted by molar-refractivity contribution is 5.72. The summed E-state index contributed by atoms with van der Waals surface area (Å²) >= 11 is 0. The lowest BCUT2D eigenvalue weighted by Crippen LogP contribution is -2.22. The zero-order valence-electron chi connectivity index (χ0n) is 9.51. The molecule has 1 amide bonds. The molecule has 84 valence electrons. The Bertz CT molecular complexity index is 282. The molecule has 0 saturated carbocycles. The second kappa shape index (κ2) is 7.97. The predicted molar refractivity (Wildman–Crippen MR) is 60.1 cm³/mol. The fourth-order valence-corrected chi connectivity index (χ4v) is 1.03. The molecule has 0 radical (unpaired) electrons. The predicted octanol–water partition coefficient (Wildman–Crippen LogP) is 2.53. The monoisotopic (exact) mass is 211 g/mol. The third kappa shape index (κ3) is 6.66. The summed E-state index contributed by atoms with van der Waals surface area (Å²) in [7, 11) is 0. The molecule has 0 unspecified atom stereocenters. The lowest BCUT2D eigenvalue weighted by Gasteiger charge is -2.01. The number of rotatable bonds is 3. The molecular weight excluding hydrogens is 193 g/mol. The zero-order valence-corrected chi connectivity index (χ0v) is 9.51. The van der Waals surface area contributed by atoms with Gasteiger partial charge < -0.3 is 5.32 Å². The van der Waals surface area contributed by atoms with Crippen molar-refractivity contribution in [3.8, 4) is 0 Å². The van der Waals surface area contributed by atoms with E-state index in [-0.39, 0.29) is 11.7 Å². The van der Waals surface area contributed by atoms with E-state index in [0.717, 1.165) is 12.0 Å². The number of carbonyl (C=O) groups excluding carboxylic acids is 1. The lowest BCUT2D eigenvalue weighted by molar-refractivity contribution is -0.118. The SMILES string of the molecule is CC.CC(=O)NCCc1ccc(F)cc1. The van der Waals surface area contributed by atoms with Gasteiger partial charge in [-0.05, 0) is 24.1 Å². The van der Waals surface area contributed by atoms with Gasteiger partial charge >= 0.3 is 0 Å². The molecular formula is C12H18FNO. The van der Waals surface area contributed by atoms with Crippen molar-refractivity contribution in [2.45, 2.75) is 27.2 Å². The van der Waals surface area contributed by atoms with Crippen LogP contribution < -0.4 is 5.32 Å². The van der Waals surface area contributed by atoms with E-state index >= 15 is 0 Å².